The first-order valence-electron chi connectivity index (χ1n) is 11.1. The zero-order valence-electron chi connectivity index (χ0n) is 19.7. The van der Waals surface area contributed by atoms with Crippen molar-refractivity contribution in [3.05, 3.63) is 97.6 Å². The van der Waals surface area contributed by atoms with Gasteiger partial charge in [-0.05, 0) is 65.1 Å². The summed E-state index contributed by atoms with van der Waals surface area (Å²) in [5.74, 6) is 2.75. The lowest BCUT2D eigenvalue weighted by Crippen LogP contribution is -2.03. The van der Waals surface area contributed by atoms with Crippen LogP contribution in [0.25, 0.3) is 22.3 Å². The largest absolute Gasteiger partial charge is 0.493 e. The highest BCUT2D eigenvalue weighted by atomic mass is 32.2. The highest BCUT2D eigenvalue weighted by Crippen LogP contribution is 2.27. The lowest BCUT2D eigenvalue weighted by molar-refractivity contribution is -0.108. The lowest BCUT2D eigenvalue weighted by atomic mass is 10.0. The van der Waals surface area contributed by atoms with Crippen LogP contribution in [0.4, 0.5) is 0 Å². The van der Waals surface area contributed by atoms with E-state index >= 15 is 0 Å². The van der Waals surface area contributed by atoms with Crippen LogP contribution in [-0.2, 0) is 9.59 Å². The number of rotatable bonds is 12. The number of thioether (sulfide) groups is 2. The number of benzene rings is 3. The van der Waals surface area contributed by atoms with Gasteiger partial charge in [-0.3, -0.25) is 9.59 Å². The second-order valence-electron chi connectivity index (χ2n) is 7.61. The molecule has 0 fully saturated rings. The van der Waals surface area contributed by atoms with Crippen molar-refractivity contribution >= 4 is 33.8 Å². The summed E-state index contributed by atoms with van der Waals surface area (Å²) in [5, 5.41) is -0.0379. The molecular weight excluding hydrogens is 476 g/mol. The molecule has 0 aliphatic carbocycles. The van der Waals surface area contributed by atoms with Crippen molar-refractivity contribution < 1.29 is 19.1 Å². The van der Waals surface area contributed by atoms with E-state index in [1.165, 1.54) is 29.6 Å². The van der Waals surface area contributed by atoms with Crippen molar-refractivity contribution in [2.45, 2.75) is 6.92 Å². The molecule has 0 atom stereocenters. The van der Waals surface area contributed by atoms with Crippen LogP contribution in [0.15, 0.2) is 97.6 Å². The molecule has 6 heteroatoms. The fourth-order valence-electron chi connectivity index (χ4n) is 3.12. The average molecular weight is 505 g/mol. The maximum absolute atomic E-state index is 11.6. The molecule has 0 heterocycles. The smallest absolute Gasteiger partial charge is 0.214 e. The molecule has 0 unspecified atom stereocenters. The quantitative estimate of drug-likeness (QED) is 0.194. The van der Waals surface area contributed by atoms with Crippen LogP contribution >= 0.6 is 23.5 Å². The first-order valence-corrected chi connectivity index (χ1v) is 13.1. The van der Waals surface area contributed by atoms with E-state index in [0.29, 0.717) is 30.3 Å². The summed E-state index contributed by atoms with van der Waals surface area (Å²) < 4.78 is 11.4. The number of hydrogen-bond acceptors (Lipinski definition) is 6. The maximum Gasteiger partial charge on any atom is 0.214 e. The lowest BCUT2D eigenvalue weighted by Gasteiger charge is -2.09. The van der Waals surface area contributed by atoms with Crippen LogP contribution in [0.2, 0.25) is 0 Å². The molecule has 0 amide bonds. The van der Waals surface area contributed by atoms with Gasteiger partial charge in [-0.2, -0.15) is 0 Å². The van der Waals surface area contributed by atoms with E-state index in [4.69, 9.17) is 9.47 Å². The molecular formula is C29H28O4S2. The van der Waals surface area contributed by atoms with Gasteiger partial charge in [0.05, 0.1) is 13.2 Å². The minimum atomic E-state index is -0.0421. The van der Waals surface area contributed by atoms with Crippen LogP contribution < -0.4 is 9.47 Å². The van der Waals surface area contributed by atoms with E-state index in [-0.39, 0.29) is 10.2 Å². The number of ether oxygens (including phenoxy) is 2. The Morgan fingerprint density at radius 1 is 0.714 bits per heavy atom. The van der Waals surface area contributed by atoms with E-state index < -0.39 is 0 Å². The minimum Gasteiger partial charge on any atom is -0.493 e. The molecule has 0 N–H and O–H groups in total. The van der Waals surface area contributed by atoms with Crippen LogP contribution in [0.1, 0.15) is 6.92 Å². The molecule has 0 radical (unpaired) electrons. The van der Waals surface area contributed by atoms with Gasteiger partial charge in [-0.25, -0.2) is 0 Å². The summed E-state index contributed by atoms with van der Waals surface area (Å²) in [4.78, 5) is 22.8. The Morgan fingerprint density at radius 3 is 1.46 bits per heavy atom. The topological polar surface area (TPSA) is 52.6 Å². The fraction of sp³-hybridized carbons (Fsp3) is 0.172. The van der Waals surface area contributed by atoms with Crippen molar-refractivity contribution in [3.63, 3.8) is 0 Å². The monoisotopic (exact) mass is 504 g/mol. The zero-order valence-corrected chi connectivity index (χ0v) is 21.3. The van der Waals surface area contributed by atoms with Gasteiger partial charge in [0.2, 0.25) is 10.2 Å². The van der Waals surface area contributed by atoms with Crippen LogP contribution in [0.3, 0.4) is 0 Å². The van der Waals surface area contributed by atoms with Crippen molar-refractivity contribution in [1.29, 1.82) is 0 Å². The van der Waals surface area contributed by atoms with Gasteiger partial charge in [0.25, 0.3) is 0 Å². The molecule has 0 saturated heterocycles. The van der Waals surface area contributed by atoms with Crippen LogP contribution in [0.5, 0.6) is 11.5 Å². The summed E-state index contributed by atoms with van der Waals surface area (Å²) in [6.45, 7) is 9.75. The van der Waals surface area contributed by atoms with Gasteiger partial charge < -0.3 is 9.47 Å². The van der Waals surface area contributed by atoms with E-state index in [0.717, 1.165) is 33.8 Å². The number of carbonyl (C=O) groups is 2. The maximum atomic E-state index is 11.6. The van der Waals surface area contributed by atoms with Crippen molar-refractivity contribution in [1.82, 2.24) is 0 Å². The first kappa shape index (κ1) is 26.4. The summed E-state index contributed by atoms with van der Waals surface area (Å²) in [5.41, 5.74) is 5.00. The van der Waals surface area contributed by atoms with Gasteiger partial charge >= 0.3 is 0 Å². The third kappa shape index (κ3) is 8.50. The van der Waals surface area contributed by atoms with E-state index in [1.54, 1.807) is 6.92 Å². The predicted octanol–water partition coefficient (Wildman–Crippen LogP) is 7.06. The summed E-state index contributed by atoms with van der Waals surface area (Å²) >= 11 is 2.42. The van der Waals surface area contributed by atoms with Gasteiger partial charge in [0, 0.05) is 11.5 Å². The third-order valence-corrected chi connectivity index (χ3v) is 6.76. The molecule has 0 aromatic heterocycles. The van der Waals surface area contributed by atoms with Crippen molar-refractivity contribution in [2.24, 2.45) is 0 Å². The summed E-state index contributed by atoms with van der Waals surface area (Å²) in [6.07, 6.45) is 1.31. The second kappa shape index (κ2) is 13.6. The Morgan fingerprint density at radius 2 is 1.09 bits per heavy atom. The SMILES string of the molecule is C=CC(=O)SCCOc1ccc(-c2ccc(-c3ccc(OCCSC(=O)C(=C)C)cc3)cc2)cc1. The summed E-state index contributed by atoms with van der Waals surface area (Å²) in [6, 6.07) is 24.3. The van der Waals surface area contributed by atoms with Crippen LogP contribution in [0, 0.1) is 0 Å². The average Bonchev–Trinajstić information content (AvgIpc) is 2.89. The highest BCUT2D eigenvalue weighted by Gasteiger charge is 2.05. The summed E-state index contributed by atoms with van der Waals surface area (Å²) in [7, 11) is 0. The molecule has 3 aromatic rings. The van der Waals surface area contributed by atoms with Gasteiger partial charge in [-0.15, -0.1) is 0 Å². The normalized spacial score (nSPS) is 10.4. The fourth-order valence-corrected chi connectivity index (χ4v) is 4.20. The Bertz CT molecular complexity index is 1150. The molecule has 180 valence electrons. The molecule has 0 bridgehead atoms. The van der Waals surface area contributed by atoms with Crippen molar-refractivity contribution in [2.75, 3.05) is 24.7 Å². The van der Waals surface area contributed by atoms with E-state index in [1.807, 2.05) is 48.5 Å². The molecule has 0 saturated carbocycles. The molecule has 0 aliphatic rings. The van der Waals surface area contributed by atoms with Crippen molar-refractivity contribution in [3.8, 4) is 33.8 Å². The Kier molecular flexibility index (Phi) is 10.3. The third-order valence-electron chi connectivity index (χ3n) is 4.96. The van der Waals surface area contributed by atoms with E-state index in [9.17, 15) is 9.59 Å². The standard InChI is InChI=1S/C29H28O4S2/c1-4-28(30)34-19-17-32-26-13-9-24(10-14-26)22-5-7-23(8-6-22)25-11-15-27(16-12-25)33-18-20-35-29(31)21(2)3/h4-16H,1-2,17-20H2,3H3. The zero-order chi connectivity index (χ0) is 25.0. The molecule has 0 aliphatic heterocycles. The molecule has 35 heavy (non-hydrogen) atoms. The Labute approximate surface area is 215 Å². The number of hydrogen-bond donors (Lipinski definition) is 0. The second-order valence-corrected chi connectivity index (χ2v) is 9.78. The van der Waals surface area contributed by atoms with Gasteiger partial charge in [0.15, 0.2) is 0 Å². The molecule has 3 aromatic carbocycles. The first-order chi connectivity index (χ1) is 17.0. The highest BCUT2D eigenvalue weighted by molar-refractivity contribution is 8.14. The Hall–Kier alpha value is -3.22. The minimum absolute atomic E-state index is 0.00417. The van der Waals surface area contributed by atoms with Gasteiger partial charge in [-0.1, -0.05) is 85.2 Å². The van der Waals surface area contributed by atoms with E-state index in [2.05, 4.69) is 37.4 Å². The molecule has 3 rings (SSSR count). The predicted molar refractivity (Wildman–Crippen MR) is 148 cm³/mol. The molecule has 4 nitrogen and oxygen atoms in total. The number of carbonyl (C=O) groups excluding carboxylic acids is 2. The Balaban J connectivity index is 1.50. The van der Waals surface area contributed by atoms with Gasteiger partial charge in [0.1, 0.15) is 11.5 Å². The van der Waals surface area contributed by atoms with Crippen LogP contribution in [-0.4, -0.2) is 35.0 Å². The molecule has 0 spiro atoms.